The minimum Gasteiger partial charge on any atom is -0.451 e. The highest BCUT2D eigenvalue weighted by Crippen LogP contribution is 2.21. The summed E-state index contributed by atoms with van der Waals surface area (Å²) < 4.78 is 5.56. The second-order valence-electron chi connectivity index (χ2n) is 5.84. The lowest BCUT2D eigenvalue weighted by atomic mass is 10.2. The van der Waals surface area contributed by atoms with Gasteiger partial charge < -0.3 is 15.1 Å². The van der Waals surface area contributed by atoms with Gasteiger partial charge in [0.05, 0.1) is 0 Å². The molecular formula is C20H20N2O3. The Morgan fingerprint density at radius 1 is 0.960 bits per heavy atom. The second-order valence-corrected chi connectivity index (χ2v) is 5.84. The van der Waals surface area contributed by atoms with Gasteiger partial charge in [0.1, 0.15) is 5.58 Å². The predicted molar refractivity (Wildman–Crippen MR) is 98.8 cm³/mol. The Bertz CT molecular complexity index is 866. The summed E-state index contributed by atoms with van der Waals surface area (Å²) >= 11 is 0. The van der Waals surface area contributed by atoms with Gasteiger partial charge >= 0.3 is 0 Å². The molecule has 0 aliphatic carbocycles. The fraction of sp³-hybridized carbons (Fsp3) is 0.200. The molecule has 1 aromatic heterocycles. The maximum Gasteiger partial charge on any atom is 0.291 e. The van der Waals surface area contributed by atoms with Crippen LogP contribution in [-0.2, 0) is 4.79 Å². The van der Waals surface area contributed by atoms with Crippen molar-refractivity contribution in [2.24, 2.45) is 0 Å². The van der Waals surface area contributed by atoms with Gasteiger partial charge in [-0.05, 0) is 36.8 Å². The number of amides is 2. The molecule has 2 amide bonds. The molecule has 2 N–H and O–H groups in total. The van der Waals surface area contributed by atoms with E-state index in [1.54, 1.807) is 30.3 Å². The number of hydrogen-bond donors (Lipinski definition) is 2. The van der Waals surface area contributed by atoms with Crippen LogP contribution in [0.15, 0.2) is 59.0 Å². The van der Waals surface area contributed by atoms with E-state index in [-0.39, 0.29) is 17.6 Å². The molecule has 0 fully saturated rings. The van der Waals surface area contributed by atoms with Gasteiger partial charge in [-0.1, -0.05) is 37.6 Å². The van der Waals surface area contributed by atoms with Crippen molar-refractivity contribution in [1.29, 1.82) is 0 Å². The Kier molecular flexibility index (Phi) is 5.14. The van der Waals surface area contributed by atoms with E-state index < -0.39 is 0 Å². The third-order valence-corrected chi connectivity index (χ3v) is 3.81. The minimum atomic E-state index is -0.328. The van der Waals surface area contributed by atoms with Gasteiger partial charge in [0, 0.05) is 23.2 Å². The van der Waals surface area contributed by atoms with Gasteiger partial charge in [-0.25, -0.2) is 0 Å². The fourth-order valence-corrected chi connectivity index (χ4v) is 2.52. The van der Waals surface area contributed by atoms with E-state index >= 15 is 0 Å². The van der Waals surface area contributed by atoms with E-state index in [1.165, 1.54) is 0 Å². The maximum atomic E-state index is 12.4. The molecule has 3 aromatic rings. The van der Waals surface area contributed by atoms with Crippen LogP contribution >= 0.6 is 0 Å². The van der Waals surface area contributed by atoms with Crippen LogP contribution in [0.3, 0.4) is 0 Å². The van der Waals surface area contributed by atoms with Crippen molar-refractivity contribution in [3.63, 3.8) is 0 Å². The molecule has 0 bridgehead atoms. The minimum absolute atomic E-state index is 0.0254. The number of benzene rings is 2. The maximum absolute atomic E-state index is 12.4. The average Bonchev–Trinajstić information content (AvgIpc) is 3.04. The van der Waals surface area contributed by atoms with Gasteiger partial charge in [0.15, 0.2) is 5.76 Å². The average molecular weight is 336 g/mol. The number of nitrogens with one attached hydrogen (secondary N) is 2. The molecule has 25 heavy (non-hydrogen) atoms. The van der Waals surface area contributed by atoms with Crippen LogP contribution in [0.2, 0.25) is 0 Å². The summed E-state index contributed by atoms with van der Waals surface area (Å²) in [6.07, 6.45) is 2.32. The Hall–Kier alpha value is -3.08. The summed E-state index contributed by atoms with van der Waals surface area (Å²) in [5.41, 5.74) is 1.92. The lowest BCUT2D eigenvalue weighted by Crippen LogP contribution is -2.13. The van der Waals surface area contributed by atoms with Crippen LogP contribution in [0, 0.1) is 0 Å². The standard InChI is InChI=1S/C20H20N2O3/c1-2-3-11-19(23)21-15-8-6-9-16(13-15)22-20(24)18-12-14-7-4-5-10-17(14)25-18/h4-10,12-13H,2-3,11H2,1H3,(H,21,23)(H,22,24). The van der Waals surface area contributed by atoms with E-state index in [4.69, 9.17) is 4.42 Å². The van der Waals surface area contributed by atoms with Gasteiger partial charge in [0.25, 0.3) is 5.91 Å². The Morgan fingerprint density at radius 2 is 1.72 bits per heavy atom. The SMILES string of the molecule is CCCCC(=O)Nc1cccc(NC(=O)c2cc3ccccc3o2)c1. The molecule has 5 heteroatoms. The first kappa shape index (κ1) is 16.8. The van der Waals surface area contributed by atoms with Crippen molar-refractivity contribution in [1.82, 2.24) is 0 Å². The Balaban J connectivity index is 1.68. The summed E-state index contributed by atoms with van der Waals surface area (Å²) in [4.78, 5) is 24.2. The molecule has 0 aliphatic rings. The molecule has 0 saturated carbocycles. The van der Waals surface area contributed by atoms with Gasteiger partial charge in [-0.15, -0.1) is 0 Å². The number of fused-ring (bicyclic) bond motifs is 1. The first-order chi connectivity index (χ1) is 12.2. The zero-order valence-corrected chi connectivity index (χ0v) is 14.0. The molecule has 128 valence electrons. The molecule has 0 radical (unpaired) electrons. The first-order valence-electron chi connectivity index (χ1n) is 8.35. The second kappa shape index (κ2) is 7.66. The summed E-state index contributed by atoms with van der Waals surface area (Å²) in [6, 6.07) is 16.2. The number of unbranched alkanes of at least 4 members (excludes halogenated alkanes) is 1. The van der Waals surface area contributed by atoms with E-state index in [9.17, 15) is 9.59 Å². The summed E-state index contributed by atoms with van der Waals surface area (Å²) in [7, 11) is 0. The van der Waals surface area contributed by atoms with Crippen LogP contribution < -0.4 is 10.6 Å². The molecular weight excluding hydrogens is 316 g/mol. The molecule has 1 heterocycles. The lowest BCUT2D eigenvalue weighted by molar-refractivity contribution is -0.116. The van der Waals surface area contributed by atoms with E-state index in [0.29, 0.717) is 23.4 Å². The summed E-state index contributed by atoms with van der Waals surface area (Å²) in [5, 5.41) is 6.51. The highest BCUT2D eigenvalue weighted by atomic mass is 16.3. The molecule has 0 spiro atoms. The number of carbonyl (C=O) groups excluding carboxylic acids is 2. The number of rotatable bonds is 6. The smallest absolute Gasteiger partial charge is 0.291 e. The van der Waals surface area contributed by atoms with Crippen LogP contribution in [-0.4, -0.2) is 11.8 Å². The molecule has 0 aliphatic heterocycles. The quantitative estimate of drug-likeness (QED) is 0.678. The van der Waals surface area contributed by atoms with Crippen LogP contribution in [0.5, 0.6) is 0 Å². The van der Waals surface area contributed by atoms with Crippen molar-refractivity contribution in [2.45, 2.75) is 26.2 Å². The van der Waals surface area contributed by atoms with Crippen LogP contribution in [0.1, 0.15) is 36.7 Å². The first-order valence-corrected chi connectivity index (χ1v) is 8.35. The normalized spacial score (nSPS) is 10.6. The number of anilines is 2. The van der Waals surface area contributed by atoms with Crippen molar-refractivity contribution < 1.29 is 14.0 Å². The van der Waals surface area contributed by atoms with Crippen molar-refractivity contribution in [3.05, 3.63) is 60.4 Å². The number of hydrogen-bond acceptors (Lipinski definition) is 3. The number of carbonyl (C=O) groups is 2. The molecule has 2 aromatic carbocycles. The van der Waals surface area contributed by atoms with Crippen LogP contribution in [0.25, 0.3) is 11.0 Å². The zero-order valence-electron chi connectivity index (χ0n) is 14.0. The summed E-state index contributed by atoms with van der Waals surface area (Å²) in [6.45, 7) is 2.04. The van der Waals surface area contributed by atoms with Crippen molar-refractivity contribution in [3.8, 4) is 0 Å². The zero-order chi connectivity index (χ0) is 17.6. The molecule has 0 saturated heterocycles. The fourth-order valence-electron chi connectivity index (χ4n) is 2.52. The lowest BCUT2D eigenvalue weighted by Gasteiger charge is -2.08. The van der Waals surface area contributed by atoms with Gasteiger partial charge in [0.2, 0.25) is 5.91 Å². The molecule has 5 nitrogen and oxygen atoms in total. The van der Waals surface area contributed by atoms with Crippen molar-refractivity contribution >= 4 is 34.2 Å². The van der Waals surface area contributed by atoms with E-state index in [1.807, 2.05) is 31.2 Å². The highest BCUT2D eigenvalue weighted by Gasteiger charge is 2.12. The monoisotopic (exact) mass is 336 g/mol. The third kappa shape index (κ3) is 4.26. The molecule has 0 unspecified atom stereocenters. The van der Waals surface area contributed by atoms with E-state index in [0.717, 1.165) is 18.2 Å². The van der Waals surface area contributed by atoms with E-state index in [2.05, 4.69) is 10.6 Å². The predicted octanol–water partition coefficient (Wildman–Crippen LogP) is 4.81. The number of furan rings is 1. The topological polar surface area (TPSA) is 71.3 Å². The summed E-state index contributed by atoms with van der Waals surface area (Å²) in [5.74, 6) is -0.105. The largest absolute Gasteiger partial charge is 0.451 e. The molecule has 3 rings (SSSR count). The van der Waals surface area contributed by atoms with Crippen LogP contribution in [0.4, 0.5) is 11.4 Å². The Morgan fingerprint density at radius 3 is 2.48 bits per heavy atom. The van der Waals surface area contributed by atoms with Crippen molar-refractivity contribution in [2.75, 3.05) is 10.6 Å². The van der Waals surface area contributed by atoms with Gasteiger partial charge in [-0.3, -0.25) is 9.59 Å². The third-order valence-electron chi connectivity index (χ3n) is 3.81. The Labute approximate surface area is 146 Å². The molecule has 0 atom stereocenters. The highest BCUT2D eigenvalue weighted by molar-refractivity contribution is 6.05. The number of para-hydroxylation sites is 1. The van der Waals surface area contributed by atoms with Gasteiger partial charge in [-0.2, -0.15) is 0 Å².